The first kappa shape index (κ1) is 24.4. The van der Waals surface area contributed by atoms with Crippen LogP contribution in [-0.2, 0) is 22.2 Å². The molecule has 0 fully saturated rings. The molecular formula is C21H22ClF3N6O2. The molecule has 2 heterocycles. The maximum Gasteiger partial charge on any atom is 0.453 e. The Morgan fingerprint density at radius 1 is 1.06 bits per heavy atom. The summed E-state index contributed by atoms with van der Waals surface area (Å²) in [6.45, 7) is 3.59. The Bertz CT molecular complexity index is 1160. The molecule has 0 aliphatic carbocycles. The largest absolute Gasteiger partial charge is 0.453 e. The van der Waals surface area contributed by atoms with Crippen LogP contribution in [0.1, 0.15) is 42.0 Å². The quantitative estimate of drug-likeness (QED) is 0.474. The van der Waals surface area contributed by atoms with Gasteiger partial charge in [0.2, 0.25) is 11.8 Å². The van der Waals surface area contributed by atoms with E-state index in [1.807, 2.05) is 0 Å². The van der Waals surface area contributed by atoms with Crippen LogP contribution in [0.4, 0.5) is 18.9 Å². The number of carbonyl (C=O) groups is 2. The molecule has 2 aromatic heterocycles. The van der Waals surface area contributed by atoms with Crippen LogP contribution >= 0.6 is 11.6 Å². The molecule has 1 aromatic carbocycles. The fourth-order valence-electron chi connectivity index (χ4n) is 3.25. The maximum atomic E-state index is 12.9. The van der Waals surface area contributed by atoms with E-state index in [4.69, 9.17) is 11.6 Å². The summed E-state index contributed by atoms with van der Waals surface area (Å²) < 4.78 is 39.7. The van der Waals surface area contributed by atoms with Gasteiger partial charge in [0.05, 0.1) is 0 Å². The summed E-state index contributed by atoms with van der Waals surface area (Å²) in [7, 11) is 0. The predicted molar refractivity (Wildman–Crippen MR) is 116 cm³/mol. The van der Waals surface area contributed by atoms with Crippen molar-refractivity contribution in [3.05, 3.63) is 52.1 Å². The molecule has 0 saturated heterocycles. The number of aromatic nitrogens is 4. The molecule has 3 rings (SSSR count). The second kappa shape index (κ2) is 10.2. The molecule has 3 aromatic rings. The molecule has 0 atom stereocenters. The summed E-state index contributed by atoms with van der Waals surface area (Å²) in [5, 5.41) is 9.55. The van der Waals surface area contributed by atoms with Crippen LogP contribution in [0.5, 0.6) is 0 Å². The average molecular weight is 483 g/mol. The van der Waals surface area contributed by atoms with E-state index in [1.165, 1.54) is 0 Å². The fourth-order valence-corrected chi connectivity index (χ4v) is 3.38. The number of hydrogen-bond donors (Lipinski definition) is 2. The Morgan fingerprint density at radius 2 is 1.76 bits per heavy atom. The first-order valence-electron chi connectivity index (χ1n) is 10.2. The Kier molecular flexibility index (Phi) is 7.52. The number of nitrogens with one attached hydrogen (secondary N) is 2. The van der Waals surface area contributed by atoms with Gasteiger partial charge in [0.25, 0.3) is 11.6 Å². The lowest BCUT2D eigenvalue weighted by Gasteiger charge is -2.10. The average Bonchev–Trinajstić information content (AvgIpc) is 3.17. The SMILES string of the molecule is Cc1nc2nc(C(F)(F)F)nn2c(C)c1CCC(=O)NCCCC(=O)Nc1ccc(Cl)cc1. The standard InChI is InChI=1S/C21H22ClF3N6O2/c1-12-16(13(2)31-20(27-12)29-19(30-31)21(23,24)25)9-10-17(32)26-11-3-4-18(33)28-15-7-5-14(22)6-8-15/h5-8H,3-4,9-11H2,1-2H3,(H,26,32)(H,28,33). The van der Waals surface area contributed by atoms with Gasteiger partial charge in [-0.1, -0.05) is 11.6 Å². The van der Waals surface area contributed by atoms with Crippen LogP contribution in [0, 0.1) is 13.8 Å². The number of carbonyl (C=O) groups excluding carboxylic acids is 2. The second-order valence-corrected chi connectivity index (χ2v) is 7.85. The molecule has 176 valence electrons. The molecule has 33 heavy (non-hydrogen) atoms. The first-order chi connectivity index (χ1) is 15.5. The van der Waals surface area contributed by atoms with Gasteiger partial charge in [0.1, 0.15) is 0 Å². The zero-order valence-electron chi connectivity index (χ0n) is 18.0. The summed E-state index contributed by atoms with van der Waals surface area (Å²) >= 11 is 5.80. The van der Waals surface area contributed by atoms with Crippen molar-refractivity contribution in [3.8, 4) is 0 Å². The third kappa shape index (κ3) is 6.41. The van der Waals surface area contributed by atoms with Gasteiger partial charge in [0.15, 0.2) is 0 Å². The number of halogens is 4. The van der Waals surface area contributed by atoms with Crippen LogP contribution in [-0.4, -0.2) is 37.9 Å². The van der Waals surface area contributed by atoms with Crippen molar-refractivity contribution in [2.75, 3.05) is 11.9 Å². The summed E-state index contributed by atoms with van der Waals surface area (Å²) in [5.41, 5.74) is 2.22. The van der Waals surface area contributed by atoms with Gasteiger partial charge < -0.3 is 10.6 Å². The first-order valence-corrected chi connectivity index (χ1v) is 10.5. The monoisotopic (exact) mass is 482 g/mol. The van der Waals surface area contributed by atoms with Crippen molar-refractivity contribution in [1.29, 1.82) is 0 Å². The van der Waals surface area contributed by atoms with Crippen LogP contribution in [0.15, 0.2) is 24.3 Å². The highest BCUT2D eigenvalue weighted by Gasteiger charge is 2.36. The molecule has 0 spiro atoms. The maximum absolute atomic E-state index is 12.9. The normalized spacial score (nSPS) is 11.6. The fraction of sp³-hybridized carbons (Fsp3) is 0.381. The number of aryl methyl sites for hydroxylation is 2. The highest BCUT2D eigenvalue weighted by molar-refractivity contribution is 6.30. The van der Waals surface area contributed by atoms with Gasteiger partial charge in [-0.3, -0.25) is 9.59 Å². The Balaban J connectivity index is 1.47. The van der Waals surface area contributed by atoms with E-state index < -0.39 is 12.0 Å². The zero-order valence-corrected chi connectivity index (χ0v) is 18.7. The number of rotatable bonds is 8. The molecule has 8 nitrogen and oxygen atoms in total. The predicted octanol–water partition coefficient (Wildman–Crippen LogP) is 3.88. The molecule has 0 unspecified atom stereocenters. The van der Waals surface area contributed by atoms with Crippen LogP contribution in [0.2, 0.25) is 5.02 Å². The number of fused-ring (bicyclic) bond motifs is 1. The topological polar surface area (TPSA) is 101 Å². The summed E-state index contributed by atoms with van der Waals surface area (Å²) in [6.07, 6.45) is -3.58. The molecule has 0 saturated carbocycles. The molecule has 2 N–H and O–H groups in total. The van der Waals surface area contributed by atoms with E-state index in [1.54, 1.807) is 38.1 Å². The third-order valence-electron chi connectivity index (χ3n) is 4.94. The van der Waals surface area contributed by atoms with Gasteiger partial charge in [0, 0.05) is 41.5 Å². The molecule has 12 heteroatoms. The Morgan fingerprint density at radius 3 is 2.42 bits per heavy atom. The second-order valence-electron chi connectivity index (χ2n) is 7.41. The van der Waals surface area contributed by atoms with E-state index in [0.717, 1.165) is 4.52 Å². The number of amides is 2. The van der Waals surface area contributed by atoms with Gasteiger partial charge in [-0.2, -0.15) is 18.2 Å². The smallest absolute Gasteiger partial charge is 0.356 e. The number of anilines is 1. The third-order valence-corrected chi connectivity index (χ3v) is 5.19. The Labute approximate surface area is 192 Å². The molecular weight excluding hydrogens is 461 g/mol. The van der Waals surface area contributed by atoms with Gasteiger partial charge >= 0.3 is 6.18 Å². The van der Waals surface area contributed by atoms with E-state index in [0.29, 0.717) is 40.6 Å². The van der Waals surface area contributed by atoms with Gasteiger partial charge in [-0.25, -0.2) is 9.50 Å². The number of nitrogens with zero attached hydrogens (tertiary/aromatic N) is 4. The summed E-state index contributed by atoms with van der Waals surface area (Å²) in [6, 6.07) is 6.74. The zero-order chi connectivity index (χ0) is 24.2. The Hall–Kier alpha value is -3.21. The molecule has 2 amide bonds. The highest BCUT2D eigenvalue weighted by atomic mass is 35.5. The number of alkyl halides is 3. The van der Waals surface area contributed by atoms with E-state index in [-0.39, 0.29) is 36.9 Å². The highest BCUT2D eigenvalue weighted by Crippen LogP contribution is 2.27. The number of benzene rings is 1. The van der Waals surface area contributed by atoms with Gasteiger partial charge in [-0.05, 0) is 56.5 Å². The summed E-state index contributed by atoms with van der Waals surface area (Å²) in [4.78, 5) is 31.7. The van der Waals surface area contributed by atoms with Crippen LogP contribution in [0.3, 0.4) is 0 Å². The van der Waals surface area contributed by atoms with Crippen LogP contribution in [0.25, 0.3) is 5.78 Å². The molecule has 0 aliphatic rings. The lowest BCUT2D eigenvalue weighted by atomic mass is 10.1. The van der Waals surface area contributed by atoms with Crippen molar-refractivity contribution in [3.63, 3.8) is 0 Å². The van der Waals surface area contributed by atoms with Crippen molar-refractivity contribution in [2.45, 2.75) is 45.7 Å². The molecule has 0 radical (unpaired) electrons. The van der Waals surface area contributed by atoms with Gasteiger partial charge in [-0.15, -0.1) is 5.10 Å². The van der Waals surface area contributed by atoms with Crippen LogP contribution < -0.4 is 10.6 Å². The lowest BCUT2D eigenvalue weighted by Crippen LogP contribution is -2.26. The minimum atomic E-state index is -4.67. The van der Waals surface area contributed by atoms with E-state index >= 15 is 0 Å². The van der Waals surface area contributed by atoms with Crippen molar-refractivity contribution < 1.29 is 22.8 Å². The van der Waals surface area contributed by atoms with Crippen molar-refractivity contribution >= 4 is 34.9 Å². The minimum absolute atomic E-state index is 0.118. The van der Waals surface area contributed by atoms with Crippen molar-refractivity contribution in [2.24, 2.45) is 0 Å². The number of hydrogen-bond acceptors (Lipinski definition) is 5. The minimum Gasteiger partial charge on any atom is -0.356 e. The summed E-state index contributed by atoms with van der Waals surface area (Å²) in [5.74, 6) is -1.81. The lowest BCUT2D eigenvalue weighted by molar-refractivity contribution is -0.144. The van der Waals surface area contributed by atoms with E-state index in [2.05, 4.69) is 25.7 Å². The molecule has 0 aliphatic heterocycles. The molecule has 0 bridgehead atoms. The van der Waals surface area contributed by atoms with E-state index in [9.17, 15) is 22.8 Å². The van der Waals surface area contributed by atoms with Crippen molar-refractivity contribution in [1.82, 2.24) is 24.9 Å².